The van der Waals surface area contributed by atoms with Crippen LogP contribution in [0.5, 0.6) is 0 Å². The SMILES string of the molecule is Cc1cc(C(=O)Cn2c(C)noc2=O)ccc1F. The summed E-state index contributed by atoms with van der Waals surface area (Å²) in [5, 5.41) is 3.46. The average Bonchev–Trinajstić information content (AvgIpc) is 2.64. The van der Waals surface area contributed by atoms with Gasteiger partial charge in [0.15, 0.2) is 11.6 Å². The minimum atomic E-state index is -0.681. The lowest BCUT2D eigenvalue weighted by molar-refractivity contribution is 0.0968. The van der Waals surface area contributed by atoms with Gasteiger partial charge < -0.3 is 0 Å². The van der Waals surface area contributed by atoms with Gasteiger partial charge in [-0.25, -0.2) is 9.18 Å². The molecule has 0 saturated carbocycles. The minimum absolute atomic E-state index is 0.167. The van der Waals surface area contributed by atoms with Crippen molar-refractivity contribution in [3.8, 4) is 0 Å². The van der Waals surface area contributed by atoms with Crippen molar-refractivity contribution in [2.45, 2.75) is 20.4 Å². The monoisotopic (exact) mass is 250 g/mol. The Bertz CT molecular complexity index is 658. The second-order valence-electron chi connectivity index (χ2n) is 3.97. The summed E-state index contributed by atoms with van der Waals surface area (Å²) in [4.78, 5) is 23.2. The maximum absolute atomic E-state index is 13.1. The van der Waals surface area contributed by atoms with Gasteiger partial charge in [-0.15, -0.1) is 0 Å². The van der Waals surface area contributed by atoms with E-state index in [9.17, 15) is 14.0 Å². The van der Waals surface area contributed by atoms with E-state index in [4.69, 9.17) is 0 Å². The average molecular weight is 250 g/mol. The Labute approximate surface area is 102 Å². The zero-order valence-electron chi connectivity index (χ0n) is 9.94. The molecular weight excluding hydrogens is 239 g/mol. The van der Waals surface area contributed by atoms with Crippen molar-refractivity contribution < 1.29 is 13.7 Å². The molecule has 1 heterocycles. The number of benzene rings is 1. The summed E-state index contributed by atoms with van der Waals surface area (Å²) in [6.07, 6.45) is 0. The Morgan fingerprint density at radius 2 is 2.17 bits per heavy atom. The van der Waals surface area contributed by atoms with E-state index in [1.165, 1.54) is 18.2 Å². The van der Waals surface area contributed by atoms with Crippen molar-refractivity contribution in [1.29, 1.82) is 0 Å². The van der Waals surface area contributed by atoms with Gasteiger partial charge in [-0.05, 0) is 37.6 Å². The summed E-state index contributed by atoms with van der Waals surface area (Å²) in [5.41, 5.74) is 0.733. The Morgan fingerprint density at radius 1 is 1.44 bits per heavy atom. The van der Waals surface area contributed by atoms with Crippen molar-refractivity contribution in [3.63, 3.8) is 0 Å². The smallest absolute Gasteiger partial charge is 0.296 e. The number of nitrogens with zero attached hydrogens (tertiary/aromatic N) is 2. The first-order chi connectivity index (χ1) is 8.49. The number of Topliss-reactive ketones (excluding diaryl/α,β-unsaturated/α-hetero) is 1. The van der Waals surface area contributed by atoms with Gasteiger partial charge in [0.1, 0.15) is 5.82 Å². The second kappa shape index (κ2) is 4.56. The Morgan fingerprint density at radius 3 is 2.72 bits per heavy atom. The van der Waals surface area contributed by atoms with Crippen LogP contribution in [0.3, 0.4) is 0 Å². The molecule has 0 saturated heterocycles. The van der Waals surface area contributed by atoms with Crippen LogP contribution in [0.2, 0.25) is 0 Å². The Kier molecular flexibility index (Phi) is 3.10. The highest BCUT2D eigenvalue weighted by Crippen LogP contribution is 2.10. The first-order valence-electron chi connectivity index (χ1n) is 5.31. The van der Waals surface area contributed by atoms with Crippen LogP contribution in [-0.4, -0.2) is 15.5 Å². The molecular formula is C12H11FN2O3. The zero-order chi connectivity index (χ0) is 13.3. The van der Waals surface area contributed by atoms with E-state index in [1.54, 1.807) is 13.8 Å². The van der Waals surface area contributed by atoms with Crippen molar-refractivity contribution in [3.05, 3.63) is 51.5 Å². The third kappa shape index (κ3) is 2.22. The Balaban J connectivity index is 2.27. The van der Waals surface area contributed by atoms with E-state index in [2.05, 4.69) is 9.68 Å². The van der Waals surface area contributed by atoms with E-state index in [0.29, 0.717) is 17.0 Å². The molecule has 0 fully saturated rings. The highest BCUT2D eigenvalue weighted by atomic mass is 19.1. The molecule has 5 nitrogen and oxygen atoms in total. The molecule has 0 aliphatic rings. The van der Waals surface area contributed by atoms with Crippen LogP contribution < -0.4 is 5.76 Å². The number of ketones is 1. The quantitative estimate of drug-likeness (QED) is 0.774. The Hall–Kier alpha value is -2.24. The van der Waals surface area contributed by atoms with E-state index < -0.39 is 5.76 Å². The van der Waals surface area contributed by atoms with E-state index in [1.807, 2.05) is 0 Å². The highest BCUT2D eigenvalue weighted by Gasteiger charge is 2.13. The number of carbonyl (C=O) groups excluding carboxylic acids is 1. The molecule has 94 valence electrons. The minimum Gasteiger partial charge on any atom is -0.296 e. The molecule has 1 aromatic carbocycles. The van der Waals surface area contributed by atoms with E-state index in [0.717, 1.165) is 4.57 Å². The molecule has 0 atom stereocenters. The van der Waals surface area contributed by atoms with E-state index >= 15 is 0 Å². The van der Waals surface area contributed by atoms with Crippen molar-refractivity contribution in [2.24, 2.45) is 0 Å². The van der Waals surface area contributed by atoms with Crippen LogP contribution in [0.15, 0.2) is 27.5 Å². The molecule has 2 aromatic rings. The second-order valence-corrected chi connectivity index (χ2v) is 3.97. The molecule has 0 aliphatic heterocycles. The fraction of sp³-hybridized carbons (Fsp3) is 0.250. The third-order valence-corrected chi connectivity index (χ3v) is 2.65. The number of hydrogen-bond acceptors (Lipinski definition) is 4. The van der Waals surface area contributed by atoms with Gasteiger partial charge in [0.2, 0.25) is 0 Å². The molecule has 6 heteroatoms. The topological polar surface area (TPSA) is 65.1 Å². The van der Waals surface area contributed by atoms with Gasteiger partial charge in [-0.1, -0.05) is 5.16 Å². The van der Waals surface area contributed by atoms with Crippen LogP contribution in [0, 0.1) is 19.7 Å². The standard InChI is InChI=1S/C12H11FN2O3/c1-7-5-9(3-4-10(7)13)11(16)6-15-8(2)14-18-12(15)17/h3-5H,6H2,1-2H3. The third-order valence-electron chi connectivity index (χ3n) is 2.65. The number of aromatic nitrogens is 2. The summed E-state index contributed by atoms with van der Waals surface area (Å²) < 4.78 is 18.6. The van der Waals surface area contributed by atoms with E-state index in [-0.39, 0.29) is 18.1 Å². The summed E-state index contributed by atoms with van der Waals surface area (Å²) >= 11 is 0. The lowest BCUT2D eigenvalue weighted by atomic mass is 10.1. The molecule has 0 amide bonds. The zero-order valence-corrected chi connectivity index (χ0v) is 9.94. The van der Waals surface area contributed by atoms with Crippen molar-refractivity contribution >= 4 is 5.78 Å². The molecule has 1 aromatic heterocycles. The highest BCUT2D eigenvalue weighted by molar-refractivity contribution is 5.96. The molecule has 0 N–H and O–H groups in total. The molecule has 0 unspecified atom stereocenters. The van der Waals surface area contributed by atoms with Gasteiger partial charge in [0.25, 0.3) is 0 Å². The number of hydrogen-bond donors (Lipinski definition) is 0. The van der Waals surface area contributed by atoms with Crippen LogP contribution in [-0.2, 0) is 6.54 Å². The van der Waals surface area contributed by atoms with Gasteiger partial charge in [-0.3, -0.25) is 13.9 Å². The molecule has 0 bridgehead atoms. The summed E-state index contributed by atoms with van der Waals surface area (Å²) in [5.74, 6) is -1.02. The van der Waals surface area contributed by atoms with Gasteiger partial charge in [-0.2, -0.15) is 0 Å². The number of rotatable bonds is 3. The van der Waals surface area contributed by atoms with Crippen LogP contribution >= 0.6 is 0 Å². The van der Waals surface area contributed by atoms with Crippen LogP contribution in [0.25, 0.3) is 0 Å². The lowest BCUT2D eigenvalue weighted by Gasteiger charge is -2.03. The largest absolute Gasteiger partial charge is 0.442 e. The lowest BCUT2D eigenvalue weighted by Crippen LogP contribution is -2.21. The van der Waals surface area contributed by atoms with Gasteiger partial charge >= 0.3 is 5.76 Å². The number of aryl methyl sites for hydroxylation is 2. The van der Waals surface area contributed by atoms with Crippen molar-refractivity contribution in [1.82, 2.24) is 9.72 Å². The molecule has 0 spiro atoms. The fourth-order valence-corrected chi connectivity index (χ4v) is 1.57. The molecule has 0 radical (unpaired) electrons. The van der Waals surface area contributed by atoms with Gasteiger partial charge in [0, 0.05) is 5.56 Å². The summed E-state index contributed by atoms with van der Waals surface area (Å²) in [7, 11) is 0. The fourth-order valence-electron chi connectivity index (χ4n) is 1.57. The first kappa shape index (κ1) is 12.2. The number of carbonyl (C=O) groups is 1. The summed E-state index contributed by atoms with van der Waals surface area (Å²) in [6.45, 7) is 2.97. The maximum Gasteiger partial charge on any atom is 0.442 e. The normalized spacial score (nSPS) is 10.6. The molecule has 18 heavy (non-hydrogen) atoms. The van der Waals surface area contributed by atoms with Crippen LogP contribution in [0.4, 0.5) is 4.39 Å². The predicted molar refractivity (Wildman–Crippen MR) is 61.0 cm³/mol. The molecule has 2 rings (SSSR count). The van der Waals surface area contributed by atoms with Crippen molar-refractivity contribution in [2.75, 3.05) is 0 Å². The van der Waals surface area contributed by atoms with Crippen LogP contribution in [0.1, 0.15) is 21.7 Å². The first-order valence-corrected chi connectivity index (χ1v) is 5.31. The number of halogens is 1. The maximum atomic E-state index is 13.1. The summed E-state index contributed by atoms with van der Waals surface area (Å²) in [6, 6.07) is 4.07. The predicted octanol–water partition coefficient (Wildman–Crippen LogP) is 1.48. The van der Waals surface area contributed by atoms with Gasteiger partial charge in [0.05, 0.1) is 6.54 Å². The molecule has 0 aliphatic carbocycles.